The van der Waals surface area contributed by atoms with Crippen molar-refractivity contribution in [3.63, 3.8) is 0 Å². The van der Waals surface area contributed by atoms with E-state index in [2.05, 4.69) is 0 Å². The van der Waals surface area contributed by atoms with Gasteiger partial charge in [-0.15, -0.1) is 0 Å². The van der Waals surface area contributed by atoms with Crippen LogP contribution in [-0.2, 0) is 10.3 Å². The summed E-state index contributed by atoms with van der Waals surface area (Å²) in [6.07, 6.45) is 3.41. The summed E-state index contributed by atoms with van der Waals surface area (Å²) in [7, 11) is 0. The monoisotopic (exact) mass is 335 g/mol. The van der Waals surface area contributed by atoms with Gasteiger partial charge in [0.15, 0.2) is 0 Å². The number of fused-ring (bicyclic) bond motifs is 2. The van der Waals surface area contributed by atoms with Crippen LogP contribution in [0.4, 0.5) is 9.18 Å². The van der Waals surface area contributed by atoms with Crippen molar-refractivity contribution in [1.82, 2.24) is 4.90 Å². The van der Waals surface area contributed by atoms with Gasteiger partial charge in [0.1, 0.15) is 11.4 Å². The van der Waals surface area contributed by atoms with Crippen LogP contribution in [0.25, 0.3) is 0 Å². The molecule has 1 aromatic carbocycles. The molecule has 24 heavy (non-hydrogen) atoms. The highest BCUT2D eigenvalue weighted by Gasteiger charge is 2.49. The second-order valence-electron chi connectivity index (χ2n) is 8.07. The van der Waals surface area contributed by atoms with Crippen LogP contribution in [0.2, 0.25) is 0 Å². The highest BCUT2D eigenvalue weighted by atomic mass is 19.1. The SMILES string of the molecule is CC(C)(C)OC(=O)N1C2CCCC1CC(O)(c1ccc(F)cc1)C2. The standard InChI is InChI=1S/C19H26FNO3/c1-18(2,3)24-17(22)21-15-5-4-6-16(21)12-19(23,11-15)13-7-9-14(20)10-8-13/h7-10,15-16,23H,4-6,11-12H2,1-3H3. The number of amides is 1. The van der Waals surface area contributed by atoms with Gasteiger partial charge in [-0.05, 0) is 57.7 Å². The molecule has 1 aromatic rings. The maximum Gasteiger partial charge on any atom is 0.410 e. The van der Waals surface area contributed by atoms with Crippen molar-refractivity contribution in [3.05, 3.63) is 35.6 Å². The smallest absolute Gasteiger partial charge is 0.410 e. The third-order valence-electron chi connectivity index (χ3n) is 4.99. The van der Waals surface area contributed by atoms with E-state index in [0.717, 1.165) is 24.8 Å². The zero-order valence-electron chi connectivity index (χ0n) is 14.6. The fourth-order valence-electron chi connectivity index (χ4n) is 4.04. The van der Waals surface area contributed by atoms with E-state index in [1.165, 1.54) is 12.1 Å². The molecule has 1 amide bonds. The van der Waals surface area contributed by atoms with E-state index in [-0.39, 0.29) is 24.0 Å². The molecule has 2 unspecified atom stereocenters. The number of ether oxygens (including phenoxy) is 1. The molecule has 3 rings (SSSR count). The summed E-state index contributed by atoms with van der Waals surface area (Å²) >= 11 is 0. The first-order valence-electron chi connectivity index (χ1n) is 8.68. The number of benzene rings is 1. The first-order chi connectivity index (χ1) is 11.2. The minimum absolute atomic E-state index is 0.0394. The second-order valence-corrected chi connectivity index (χ2v) is 8.07. The van der Waals surface area contributed by atoms with Crippen LogP contribution in [-0.4, -0.2) is 33.8 Å². The quantitative estimate of drug-likeness (QED) is 0.845. The Bertz CT molecular complexity index is 594. The average Bonchev–Trinajstić information content (AvgIpc) is 2.44. The molecule has 0 aliphatic carbocycles. The summed E-state index contributed by atoms with van der Waals surface area (Å²) in [6, 6.07) is 5.97. The van der Waals surface area contributed by atoms with Crippen molar-refractivity contribution < 1.29 is 19.0 Å². The summed E-state index contributed by atoms with van der Waals surface area (Å²) in [4.78, 5) is 14.4. The van der Waals surface area contributed by atoms with Crippen molar-refractivity contribution in [2.45, 2.75) is 76.2 Å². The zero-order valence-corrected chi connectivity index (χ0v) is 14.6. The summed E-state index contributed by atoms with van der Waals surface area (Å²) < 4.78 is 18.7. The maximum atomic E-state index is 13.2. The van der Waals surface area contributed by atoms with E-state index in [9.17, 15) is 14.3 Å². The lowest BCUT2D eigenvalue weighted by molar-refractivity contribution is -0.0965. The second kappa shape index (κ2) is 6.03. The van der Waals surface area contributed by atoms with E-state index in [0.29, 0.717) is 12.8 Å². The Labute approximate surface area is 142 Å². The van der Waals surface area contributed by atoms with Crippen LogP contribution in [0.15, 0.2) is 24.3 Å². The van der Waals surface area contributed by atoms with Gasteiger partial charge in [0, 0.05) is 24.9 Å². The number of carbonyl (C=O) groups excluding carboxylic acids is 1. The molecule has 0 spiro atoms. The molecule has 5 heteroatoms. The van der Waals surface area contributed by atoms with Gasteiger partial charge in [0.25, 0.3) is 0 Å². The van der Waals surface area contributed by atoms with Crippen molar-refractivity contribution in [3.8, 4) is 0 Å². The van der Waals surface area contributed by atoms with Gasteiger partial charge in [0.05, 0.1) is 5.60 Å². The first-order valence-corrected chi connectivity index (χ1v) is 8.68. The molecule has 2 aliphatic rings. The lowest BCUT2D eigenvalue weighted by Crippen LogP contribution is -2.59. The van der Waals surface area contributed by atoms with E-state index in [4.69, 9.17) is 4.74 Å². The highest BCUT2D eigenvalue weighted by molar-refractivity contribution is 5.69. The molecule has 4 nitrogen and oxygen atoms in total. The molecule has 2 bridgehead atoms. The summed E-state index contributed by atoms with van der Waals surface area (Å²) in [5.41, 5.74) is -0.817. The molecular formula is C19H26FNO3. The Hall–Kier alpha value is -1.62. The number of hydrogen-bond acceptors (Lipinski definition) is 3. The zero-order chi connectivity index (χ0) is 17.5. The van der Waals surface area contributed by atoms with Gasteiger partial charge in [-0.2, -0.15) is 0 Å². The number of rotatable bonds is 1. The van der Waals surface area contributed by atoms with Crippen molar-refractivity contribution in [2.75, 3.05) is 0 Å². The fourth-order valence-corrected chi connectivity index (χ4v) is 4.04. The van der Waals surface area contributed by atoms with Crippen molar-refractivity contribution in [2.24, 2.45) is 0 Å². The van der Waals surface area contributed by atoms with Crippen LogP contribution >= 0.6 is 0 Å². The Balaban J connectivity index is 1.82. The predicted octanol–water partition coefficient (Wildman–Crippen LogP) is 3.97. The number of halogens is 1. The number of piperidine rings is 2. The Morgan fingerprint density at radius 1 is 1.21 bits per heavy atom. The van der Waals surface area contributed by atoms with Crippen LogP contribution in [0.1, 0.15) is 58.4 Å². The maximum absolute atomic E-state index is 13.2. The van der Waals surface area contributed by atoms with Gasteiger partial charge >= 0.3 is 6.09 Å². The molecule has 2 heterocycles. The third-order valence-corrected chi connectivity index (χ3v) is 4.99. The number of hydrogen-bond donors (Lipinski definition) is 1. The van der Waals surface area contributed by atoms with Gasteiger partial charge in [0.2, 0.25) is 0 Å². The Morgan fingerprint density at radius 2 is 1.75 bits per heavy atom. The van der Waals surface area contributed by atoms with Crippen LogP contribution in [0.5, 0.6) is 0 Å². The minimum atomic E-state index is -1.01. The first kappa shape index (κ1) is 17.2. The Morgan fingerprint density at radius 3 is 2.25 bits per heavy atom. The molecule has 0 aromatic heterocycles. The molecule has 0 saturated carbocycles. The normalized spacial score (nSPS) is 30.1. The summed E-state index contributed by atoms with van der Waals surface area (Å²) in [5, 5.41) is 11.2. The molecule has 2 aliphatic heterocycles. The topological polar surface area (TPSA) is 49.8 Å². The fraction of sp³-hybridized carbons (Fsp3) is 0.632. The largest absolute Gasteiger partial charge is 0.444 e. The molecule has 2 fully saturated rings. The number of carbonyl (C=O) groups is 1. The van der Waals surface area contributed by atoms with Gasteiger partial charge in [-0.25, -0.2) is 9.18 Å². The van der Waals surface area contributed by atoms with Gasteiger partial charge in [-0.3, -0.25) is 0 Å². The van der Waals surface area contributed by atoms with Crippen LogP contribution in [0, 0.1) is 5.82 Å². The molecular weight excluding hydrogens is 309 g/mol. The predicted molar refractivity (Wildman–Crippen MR) is 89.0 cm³/mol. The Kier molecular flexibility index (Phi) is 4.32. The molecule has 2 atom stereocenters. The van der Waals surface area contributed by atoms with Gasteiger partial charge in [-0.1, -0.05) is 12.1 Å². The molecule has 2 saturated heterocycles. The van der Waals surface area contributed by atoms with E-state index in [1.54, 1.807) is 12.1 Å². The van der Waals surface area contributed by atoms with Crippen LogP contribution < -0.4 is 0 Å². The van der Waals surface area contributed by atoms with Crippen molar-refractivity contribution >= 4 is 6.09 Å². The van der Waals surface area contributed by atoms with E-state index in [1.807, 2.05) is 25.7 Å². The van der Waals surface area contributed by atoms with E-state index < -0.39 is 11.2 Å². The average molecular weight is 335 g/mol. The van der Waals surface area contributed by atoms with E-state index >= 15 is 0 Å². The molecule has 0 radical (unpaired) electrons. The van der Waals surface area contributed by atoms with Crippen LogP contribution in [0.3, 0.4) is 0 Å². The highest BCUT2D eigenvalue weighted by Crippen LogP contribution is 2.44. The summed E-state index contributed by atoms with van der Waals surface area (Å²) in [6.45, 7) is 5.58. The molecule has 1 N–H and O–H groups in total. The number of nitrogens with zero attached hydrogens (tertiary/aromatic N) is 1. The van der Waals surface area contributed by atoms with Crippen molar-refractivity contribution in [1.29, 1.82) is 0 Å². The summed E-state index contributed by atoms with van der Waals surface area (Å²) in [5.74, 6) is -0.311. The lowest BCUT2D eigenvalue weighted by atomic mass is 9.72. The number of aliphatic hydroxyl groups is 1. The third kappa shape index (κ3) is 3.41. The molecule has 132 valence electrons. The van der Waals surface area contributed by atoms with Gasteiger partial charge < -0.3 is 14.7 Å². The minimum Gasteiger partial charge on any atom is -0.444 e. The lowest BCUT2D eigenvalue weighted by Gasteiger charge is -2.51.